The molecule has 0 bridgehead atoms. The van der Waals surface area contributed by atoms with Crippen LogP contribution in [0.3, 0.4) is 0 Å². The number of hydrazine groups is 1. The molecule has 0 aromatic heterocycles. The van der Waals surface area contributed by atoms with Crippen LogP contribution in [-0.4, -0.2) is 42.7 Å². The molecule has 0 spiro atoms. The van der Waals surface area contributed by atoms with E-state index < -0.39 is 5.91 Å². The molecular formula is C33H46ClN7O3. The van der Waals surface area contributed by atoms with E-state index >= 15 is 0 Å². The normalized spacial score (nSPS) is 13.5. The maximum Gasteiger partial charge on any atom is 0.217 e. The standard InChI is InChI=1S/C33H46ClN7O3/c1-5-38-24(4)23(3)25-13-15-26(16-14-25)30(39-6-2)20-41(37)19-28(35)11-7-9-27-10-8-12-31(33(27)34)44-21-29(40-22-42)17-18-32(36)43/h5-6,8,10,12-16,19,22,29-30,39H,2,7,9,11,17-18,20-21,35,37H2,1,3-4H3,(H2,36,43)(H,40,42)/b24-23+,28-19-,38-5?. The highest BCUT2D eigenvalue weighted by atomic mass is 35.5. The minimum Gasteiger partial charge on any atom is -0.490 e. The van der Waals surface area contributed by atoms with E-state index in [1.165, 1.54) is 0 Å². The molecule has 2 aromatic rings. The van der Waals surface area contributed by atoms with E-state index in [1.807, 2.05) is 26.0 Å². The molecule has 0 saturated carbocycles. The first kappa shape index (κ1) is 35.9. The number of nitrogens with zero attached hydrogens (tertiary/aromatic N) is 2. The van der Waals surface area contributed by atoms with Gasteiger partial charge in [0.15, 0.2) is 0 Å². The first-order valence-electron chi connectivity index (χ1n) is 14.6. The third-order valence-corrected chi connectivity index (χ3v) is 7.52. The van der Waals surface area contributed by atoms with Gasteiger partial charge in [-0.3, -0.25) is 14.6 Å². The molecule has 10 nitrogen and oxygen atoms in total. The number of hydrogen-bond acceptors (Lipinski definition) is 8. The zero-order chi connectivity index (χ0) is 32.5. The zero-order valence-electron chi connectivity index (χ0n) is 25.9. The molecule has 2 aromatic carbocycles. The Morgan fingerprint density at radius 1 is 1.14 bits per heavy atom. The SMILES string of the molecule is C=CNC(CN(N)/C=C(\N)CCCc1cccc(OCC(CCC(N)=O)NC=O)c1Cl)c1ccc(/C(C)=C(\C)N=CC)cc1. The lowest BCUT2D eigenvalue weighted by molar-refractivity contribution is -0.118. The van der Waals surface area contributed by atoms with Gasteiger partial charge in [0, 0.05) is 30.2 Å². The maximum absolute atomic E-state index is 11.1. The fourth-order valence-electron chi connectivity index (χ4n) is 4.56. The highest BCUT2D eigenvalue weighted by Gasteiger charge is 2.15. The van der Waals surface area contributed by atoms with Crippen molar-refractivity contribution in [1.82, 2.24) is 15.6 Å². The number of nitrogens with one attached hydrogen (secondary N) is 2. The van der Waals surface area contributed by atoms with E-state index in [0.29, 0.717) is 48.7 Å². The van der Waals surface area contributed by atoms with Crippen LogP contribution in [0.4, 0.5) is 0 Å². The van der Waals surface area contributed by atoms with Crippen molar-refractivity contribution >= 4 is 35.7 Å². The average Bonchev–Trinajstić information content (AvgIpc) is 2.99. The summed E-state index contributed by atoms with van der Waals surface area (Å²) in [6, 6.07) is 13.4. The molecule has 2 atom stereocenters. The highest BCUT2D eigenvalue weighted by Crippen LogP contribution is 2.30. The lowest BCUT2D eigenvalue weighted by atomic mass is 10.0. The van der Waals surface area contributed by atoms with Crippen molar-refractivity contribution in [3.8, 4) is 5.75 Å². The molecular weight excluding hydrogens is 578 g/mol. The number of allylic oxidation sites excluding steroid dienone is 3. The van der Waals surface area contributed by atoms with Gasteiger partial charge >= 0.3 is 0 Å². The summed E-state index contributed by atoms with van der Waals surface area (Å²) in [6.07, 6.45) is 8.33. The number of ether oxygens (including phenoxy) is 1. The molecule has 0 aliphatic rings. The van der Waals surface area contributed by atoms with Crippen molar-refractivity contribution in [3.63, 3.8) is 0 Å². The summed E-state index contributed by atoms with van der Waals surface area (Å²) in [4.78, 5) is 26.4. The molecule has 0 aliphatic heterocycles. The molecule has 8 N–H and O–H groups in total. The predicted molar refractivity (Wildman–Crippen MR) is 179 cm³/mol. The number of aryl methyl sites for hydroxylation is 1. The summed E-state index contributed by atoms with van der Waals surface area (Å²) >= 11 is 6.61. The summed E-state index contributed by atoms with van der Waals surface area (Å²) in [5.74, 6) is 6.39. The predicted octanol–water partition coefficient (Wildman–Crippen LogP) is 4.71. The van der Waals surface area contributed by atoms with E-state index in [-0.39, 0.29) is 25.1 Å². The smallest absolute Gasteiger partial charge is 0.217 e. The van der Waals surface area contributed by atoms with E-state index in [9.17, 15) is 9.59 Å². The molecule has 44 heavy (non-hydrogen) atoms. The van der Waals surface area contributed by atoms with Crippen LogP contribution in [-0.2, 0) is 16.0 Å². The fraction of sp³-hybridized carbons (Fsp3) is 0.364. The largest absolute Gasteiger partial charge is 0.490 e. The van der Waals surface area contributed by atoms with Gasteiger partial charge in [-0.2, -0.15) is 0 Å². The van der Waals surface area contributed by atoms with Crippen LogP contribution in [0.1, 0.15) is 69.2 Å². The lowest BCUT2D eigenvalue weighted by Gasteiger charge is -2.24. The third kappa shape index (κ3) is 12.1. The minimum atomic E-state index is -0.441. The monoisotopic (exact) mass is 623 g/mol. The third-order valence-electron chi connectivity index (χ3n) is 7.09. The van der Waals surface area contributed by atoms with Crippen LogP contribution < -0.4 is 32.7 Å². The Bertz CT molecular complexity index is 1330. The van der Waals surface area contributed by atoms with Crippen molar-refractivity contribution < 1.29 is 14.3 Å². The van der Waals surface area contributed by atoms with Crippen LogP contribution in [0, 0.1) is 0 Å². The number of rotatable bonds is 20. The highest BCUT2D eigenvalue weighted by molar-refractivity contribution is 6.32. The summed E-state index contributed by atoms with van der Waals surface area (Å²) in [6.45, 7) is 10.4. The first-order valence-corrected chi connectivity index (χ1v) is 15.0. The second-order valence-electron chi connectivity index (χ2n) is 10.4. The topological polar surface area (TPSA) is 161 Å². The summed E-state index contributed by atoms with van der Waals surface area (Å²) < 4.78 is 5.85. The van der Waals surface area contributed by atoms with Crippen LogP contribution in [0.2, 0.25) is 5.02 Å². The van der Waals surface area contributed by atoms with Gasteiger partial charge in [-0.05, 0) is 81.0 Å². The van der Waals surface area contributed by atoms with Gasteiger partial charge in [-0.25, -0.2) is 5.84 Å². The Labute approximate surface area is 266 Å². The van der Waals surface area contributed by atoms with Crippen molar-refractivity contribution in [1.29, 1.82) is 0 Å². The number of aliphatic imine (C=N–C) groups is 1. The van der Waals surface area contributed by atoms with Crippen molar-refractivity contribution in [2.75, 3.05) is 13.2 Å². The van der Waals surface area contributed by atoms with Gasteiger partial charge in [0.1, 0.15) is 12.4 Å². The summed E-state index contributed by atoms with van der Waals surface area (Å²) in [5.41, 5.74) is 17.4. The van der Waals surface area contributed by atoms with Gasteiger partial charge in [0.2, 0.25) is 12.3 Å². The Morgan fingerprint density at radius 3 is 2.50 bits per heavy atom. The van der Waals surface area contributed by atoms with Crippen LogP contribution >= 0.6 is 11.6 Å². The van der Waals surface area contributed by atoms with Crippen LogP contribution in [0.15, 0.2) is 77.8 Å². The van der Waals surface area contributed by atoms with Gasteiger partial charge in [-0.15, -0.1) is 0 Å². The molecule has 11 heteroatoms. The van der Waals surface area contributed by atoms with Crippen LogP contribution in [0.25, 0.3) is 5.57 Å². The second-order valence-corrected chi connectivity index (χ2v) is 10.8. The van der Waals surface area contributed by atoms with Gasteiger partial charge in [0.05, 0.1) is 23.7 Å². The van der Waals surface area contributed by atoms with E-state index in [2.05, 4.69) is 53.4 Å². The average molecular weight is 624 g/mol. The van der Waals surface area contributed by atoms with Crippen molar-refractivity contribution in [2.45, 2.75) is 65.0 Å². The molecule has 2 amide bonds. The first-order chi connectivity index (χ1) is 21.1. The molecule has 0 aliphatic carbocycles. The quantitative estimate of drug-likeness (QED) is 0.0617. The number of carbonyl (C=O) groups excluding carboxylic acids is 2. The van der Waals surface area contributed by atoms with Gasteiger partial charge in [0.25, 0.3) is 0 Å². The molecule has 0 heterocycles. The zero-order valence-corrected chi connectivity index (χ0v) is 26.6. The summed E-state index contributed by atoms with van der Waals surface area (Å²) in [5, 5.41) is 8.00. The fourth-order valence-corrected chi connectivity index (χ4v) is 4.84. The molecule has 2 unspecified atom stereocenters. The van der Waals surface area contributed by atoms with Crippen molar-refractivity contribution in [2.24, 2.45) is 22.3 Å². The van der Waals surface area contributed by atoms with E-state index in [0.717, 1.165) is 34.4 Å². The maximum atomic E-state index is 11.1. The van der Waals surface area contributed by atoms with Crippen LogP contribution in [0.5, 0.6) is 5.75 Å². The molecule has 2 rings (SSSR count). The number of hydrogen-bond donors (Lipinski definition) is 5. The molecule has 0 fully saturated rings. The number of primary amides is 1. The van der Waals surface area contributed by atoms with E-state index in [1.54, 1.807) is 29.7 Å². The lowest BCUT2D eigenvalue weighted by Crippen LogP contribution is -2.35. The van der Waals surface area contributed by atoms with Crippen molar-refractivity contribution in [3.05, 3.63) is 94.6 Å². The Morgan fingerprint density at radius 2 is 1.86 bits per heavy atom. The number of nitrogens with two attached hydrogens (primary N) is 3. The minimum absolute atomic E-state index is 0.0895. The number of amides is 2. The number of benzene rings is 2. The van der Waals surface area contributed by atoms with Gasteiger partial charge in [-0.1, -0.05) is 54.6 Å². The number of carbonyl (C=O) groups is 2. The molecule has 0 radical (unpaired) electrons. The molecule has 0 saturated heterocycles. The Balaban J connectivity index is 1.96. The van der Waals surface area contributed by atoms with Gasteiger partial charge < -0.3 is 31.8 Å². The Kier molecular flexibility index (Phi) is 15.6. The molecule has 238 valence electrons. The summed E-state index contributed by atoms with van der Waals surface area (Å²) in [7, 11) is 0. The second kappa shape index (κ2) is 19.1. The van der Waals surface area contributed by atoms with E-state index in [4.69, 9.17) is 33.6 Å². The number of halogens is 1. The Hall–Kier alpha value is -4.28.